The van der Waals surface area contributed by atoms with Gasteiger partial charge in [0, 0.05) is 23.9 Å². The molecule has 0 aromatic carbocycles. The van der Waals surface area contributed by atoms with Gasteiger partial charge >= 0.3 is 0 Å². The molecule has 0 atom stereocenters. The molecule has 0 unspecified atom stereocenters. The van der Waals surface area contributed by atoms with E-state index in [1.165, 1.54) is 7.11 Å². The summed E-state index contributed by atoms with van der Waals surface area (Å²) < 4.78 is 15.8. The number of carbonyl (C=O) groups excluding carboxylic acids is 1. The van der Waals surface area contributed by atoms with Crippen LogP contribution >= 0.6 is 0 Å². The van der Waals surface area contributed by atoms with Crippen LogP contribution in [0.2, 0.25) is 0 Å². The molecule has 0 aliphatic carbocycles. The van der Waals surface area contributed by atoms with Crippen molar-refractivity contribution in [1.29, 1.82) is 0 Å². The van der Waals surface area contributed by atoms with Gasteiger partial charge in [0.15, 0.2) is 0 Å². The number of rotatable bonds is 5. The molecule has 7 nitrogen and oxygen atoms in total. The second-order valence-corrected chi connectivity index (χ2v) is 5.13. The Morgan fingerprint density at radius 1 is 1.30 bits per heavy atom. The number of hydrogen-bond acceptors (Lipinski definition) is 6. The van der Waals surface area contributed by atoms with Gasteiger partial charge in [0.2, 0.25) is 5.88 Å². The van der Waals surface area contributed by atoms with Gasteiger partial charge in [0.05, 0.1) is 20.3 Å². The number of amides is 1. The first-order chi connectivity index (χ1) is 11.1. The zero-order valence-corrected chi connectivity index (χ0v) is 12.9. The third kappa shape index (κ3) is 3.75. The summed E-state index contributed by atoms with van der Waals surface area (Å²) in [7, 11) is 1.52. The molecular weight excluding hydrogens is 298 g/mol. The Balaban J connectivity index is 1.75. The molecule has 1 aliphatic heterocycles. The standard InChI is InChI=1S/C16H17N3O4/c1-10-6-11(23-12-8-22-9-12)7-13(17-10)16(20)19-14-4-3-5-15(18-14)21-2/h3-7,12H,8-9H2,1-2H3,(H,18,19,20). The number of carbonyl (C=O) groups is 1. The van der Waals surface area contributed by atoms with Crippen molar-refractivity contribution in [1.82, 2.24) is 9.97 Å². The second kappa shape index (κ2) is 6.62. The third-order valence-corrected chi connectivity index (χ3v) is 3.24. The molecule has 3 heterocycles. The van der Waals surface area contributed by atoms with E-state index in [1.54, 1.807) is 30.3 Å². The number of pyridine rings is 2. The van der Waals surface area contributed by atoms with Crippen LogP contribution in [0.5, 0.6) is 11.6 Å². The van der Waals surface area contributed by atoms with Crippen molar-refractivity contribution in [3.63, 3.8) is 0 Å². The molecule has 1 amide bonds. The molecule has 1 N–H and O–H groups in total. The van der Waals surface area contributed by atoms with Crippen LogP contribution in [0.1, 0.15) is 16.2 Å². The van der Waals surface area contributed by atoms with Crippen molar-refractivity contribution < 1.29 is 19.0 Å². The predicted molar refractivity (Wildman–Crippen MR) is 83.0 cm³/mol. The number of nitrogens with one attached hydrogen (secondary N) is 1. The van der Waals surface area contributed by atoms with Crippen LogP contribution in [0.3, 0.4) is 0 Å². The van der Waals surface area contributed by atoms with E-state index < -0.39 is 0 Å². The summed E-state index contributed by atoms with van der Waals surface area (Å²) in [6.07, 6.45) is 0.0350. The Hall–Kier alpha value is -2.67. The van der Waals surface area contributed by atoms with E-state index in [4.69, 9.17) is 14.2 Å². The van der Waals surface area contributed by atoms with Gasteiger partial charge in [0.25, 0.3) is 5.91 Å². The molecule has 7 heteroatoms. The van der Waals surface area contributed by atoms with Crippen LogP contribution in [-0.2, 0) is 4.74 Å². The highest BCUT2D eigenvalue weighted by Crippen LogP contribution is 2.19. The molecule has 2 aromatic rings. The maximum Gasteiger partial charge on any atom is 0.275 e. The van der Waals surface area contributed by atoms with Gasteiger partial charge < -0.3 is 19.5 Å². The molecule has 1 fully saturated rings. The average molecular weight is 315 g/mol. The van der Waals surface area contributed by atoms with Crippen molar-refractivity contribution in [3.05, 3.63) is 41.7 Å². The fourth-order valence-electron chi connectivity index (χ4n) is 2.07. The fraction of sp³-hybridized carbons (Fsp3) is 0.312. The number of hydrogen-bond donors (Lipinski definition) is 1. The van der Waals surface area contributed by atoms with Crippen LogP contribution in [0, 0.1) is 6.92 Å². The summed E-state index contributed by atoms with van der Waals surface area (Å²) in [6, 6.07) is 8.53. The lowest BCUT2D eigenvalue weighted by Crippen LogP contribution is -2.38. The van der Waals surface area contributed by atoms with Gasteiger partial charge in [-0.05, 0) is 13.0 Å². The topological polar surface area (TPSA) is 82.6 Å². The average Bonchev–Trinajstić information content (AvgIpc) is 2.50. The molecular formula is C16H17N3O4. The summed E-state index contributed by atoms with van der Waals surface area (Å²) in [5.74, 6) is 1.07. The molecule has 1 aliphatic rings. The normalized spacial score (nSPS) is 14.0. The number of ether oxygens (including phenoxy) is 3. The Morgan fingerprint density at radius 3 is 2.83 bits per heavy atom. The highest BCUT2D eigenvalue weighted by molar-refractivity contribution is 6.02. The van der Waals surface area contributed by atoms with Crippen LogP contribution < -0.4 is 14.8 Å². The minimum absolute atomic E-state index is 0.0350. The van der Waals surface area contributed by atoms with E-state index in [2.05, 4.69) is 15.3 Å². The molecule has 23 heavy (non-hydrogen) atoms. The highest BCUT2D eigenvalue weighted by atomic mass is 16.6. The maximum absolute atomic E-state index is 12.4. The number of aromatic nitrogens is 2. The quantitative estimate of drug-likeness (QED) is 0.906. The van der Waals surface area contributed by atoms with Gasteiger partial charge in [-0.15, -0.1) is 0 Å². The molecule has 120 valence electrons. The van der Waals surface area contributed by atoms with E-state index in [9.17, 15) is 4.79 Å². The van der Waals surface area contributed by atoms with E-state index in [-0.39, 0.29) is 17.7 Å². The fourth-order valence-corrected chi connectivity index (χ4v) is 2.07. The van der Waals surface area contributed by atoms with Crippen LogP contribution in [0.25, 0.3) is 0 Å². The summed E-state index contributed by atoms with van der Waals surface area (Å²) in [6.45, 7) is 2.94. The highest BCUT2D eigenvalue weighted by Gasteiger charge is 2.21. The van der Waals surface area contributed by atoms with Crippen molar-refractivity contribution in [3.8, 4) is 11.6 Å². The van der Waals surface area contributed by atoms with Gasteiger partial charge in [-0.1, -0.05) is 6.07 Å². The van der Waals surface area contributed by atoms with Crippen LogP contribution in [0.15, 0.2) is 30.3 Å². The van der Waals surface area contributed by atoms with Gasteiger partial charge in [-0.2, -0.15) is 4.98 Å². The van der Waals surface area contributed by atoms with Gasteiger partial charge in [0.1, 0.15) is 23.4 Å². The number of aryl methyl sites for hydroxylation is 1. The van der Waals surface area contributed by atoms with E-state index in [0.717, 1.165) is 0 Å². The summed E-state index contributed by atoms with van der Waals surface area (Å²) in [5, 5.41) is 2.70. The first kappa shape index (κ1) is 15.2. The third-order valence-electron chi connectivity index (χ3n) is 3.24. The Kier molecular flexibility index (Phi) is 4.38. The van der Waals surface area contributed by atoms with Gasteiger partial charge in [-0.25, -0.2) is 4.98 Å². The number of anilines is 1. The second-order valence-electron chi connectivity index (χ2n) is 5.13. The molecule has 2 aromatic heterocycles. The van der Waals surface area contributed by atoms with Crippen molar-refractivity contribution >= 4 is 11.7 Å². The molecule has 0 spiro atoms. The zero-order chi connectivity index (χ0) is 16.2. The summed E-state index contributed by atoms with van der Waals surface area (Å²) in [5.41, 5.74) is 0.969. The predicted octanol–water partition coefficient (Wildman–Crippen LogP) is 1.82. The monoisotopic (exact) mass is 315 g/mol. The first-order valence-electron chi connectivity index (χ1n) is 7.19. The van der Waals surface area contributed by atoms with Crippen LogP contribution in [-0.4, -0.2) is 42.3 Å². The van der Waals surface area contributed by atoms with E-state index in [1.807, 2.05) is 6.92 Å². The molecule has 3 rings (SSSR count). The van der Waals surface area contributed by atoms with Crippen molar-refractivity contribution in [2.24, 2.45) is 0 Å². The zero-order valence-electron chi connectivity index (χ0n) is 12.9. The lowest BCUT2D eigenvalue weighted by atomic mass is 10.2. The van der Waals surface area contributed by atoms with Crippen LogP contribution in [0.4, 0.5) is 5.82 Å². The largest absolute Gasteiger partial charge is 0.485 e. The Morgan fingerprint density at radius 2 is 2.13 bits per heavy atom. The van der Waals surface area contributed by atoms with Crippen molar-refractivity contribution in [2.45, 2.75) is 13.0 Å². The Labute approximate surface area is 133 Å². The summed E-state index contributed by atoms with van der Waals surface area (Å²) >= 11 is 0. The smallest absolute Gasteiger partial charge is 0.275 e. The summed E-state index contributed by atoms with van der Waals surface area (Å²) in [4.78, 5) is 20.7. The SMILES string of the molecule is COc1cccc(NC(=O)c2cc(OC3COC3)cc(C)n2)n1. The Bertz CT molecular complexity index is 716. The van der Waals surface area contributed by atoms with E-state index in [0.29, 0.717) is 36.4 Å². The maximum atomic E-state index is 12.4. The minimum atomic E-state index is -0.357. The number of methoxy groups -OCH3 is 1. The minimum Gasteiger partial charge on any atom is -0.485 e. The van der Waals surface area contributed by atoms with E-state index >= 15 is 0 Å². The lowest BCUT2D eigenvalue weighted by molar-refractivity contribution is -0.0797. The van der Waals surface area contributed by atoms with Crippen molar-refractivity contribution in [2.75, 3.05) is 25.6 Å². The first-order valence-corrected chi connectivity index (χ1v) is 7.19. The van der Waals surface area contributed by atoms with Gasteiger partial charge in [-0.3, -0.25) is 4.79 Å². The molecule has 0 saturated carbocycles. The number of nitrogens with zero attached hydrogens (tertiary/aromatic N) is 2. The molecule has 1 saturated heterocycles. The lowest BCUT2D eigenvalue weighted by Gasteiger charge is -2.26. The molecule has 0 bridgehead atoms. The molecule has 0 radical (unpaired) electrons.